The van der Waals surface area contributed by atoms with E-state index in [2.05, 4.69) is 31.3 Å². The topological polar surface area (TPSA) is 9.23 Å². The molecule has 0 aliphatic carbocycles. The molecule has 0 saturated heterocycles. The van der Waals surface area contributed by atoms with Crippen LogP contribution in [0, 0.1) is 6.07 Å². The molecule has 0 aliphatic rings. The number of rotatable bonds is 1. The number of hydrogen-bond acceptors (Lipinski definition) is 1. The van der Waals surface area contributed by atoms with E-state index in [9.17, 15) is 0 Å². The van der Waals surface area contributed by atoms with Crippen molar-refractivity contribution in [2.45, 2.75) is 0 Å². The van der Waals surface area contributed by atoms with Gasteiger partial charge in [-0.25, -0.2) is 0 Å². The Labute approximate surface area is 73.4 Å². The molecule has 0 aromatic heterocycles. The van der Waals surface area contributed by atoms with Gasteiger partial charge in [0, 0.05) is 5.75 Å². The van der Waals surface area contributed by atoms with Crippen LogP contribution in [0.5, 0.6) is 5.75 Å². The van der Waals surface area contributed by atoms with Crippen LogP contribution in [0.2, 0.25) is 0 Å². The molecule has 1 nitrogen and oxygen atoms in total. The first-order valence-corrected chi connectivity index (χ1v) is 4.21. The van der Waals surface area contributed by atoms with E-state index in [4.69, 9.17) is 4.74 Å². The Morgan fingerprint density at radius 2 is 2.20 bits per heavy atom. The molecule has 0 heterocycles. The second kappa shape index (κ2) is 6.94. The predicted octanol–water partition coefficient (Wildman–Crippen LogP) is 2.18. The van der Waals surface area contributed by atoms with Crippen molar-refractivity contribution in [2.75, 3.05) is 7.11 Å². The molecule has 0 N–H and O–H groups in total. The summed E-state index contributed by atoms with van der Waals surface area (Å²) in [7, 11) is 6.08. The standard InChI is InChI=1S/C7H7O.ClH.Mn/c1-8-7-5-3-2-4-6-7;;/h2-5H,1H3;1H;/q-1;;+2/p-1. The second-order valence-electron chi connectivity index (χ2n) is 1.43. The summed E-state index contributed by atoms with van der Waals surface area (Å²) < 4.78 is 4.86. The van der Waals surface area contributed by atoms with E-state index in [0.717, 1.165) is 5.75 Å². The van der Waals surface area contributed by atoms with Crippen molar-refractivity contribution in [3.8, 4) is 5.75 Å². The van der Waals surface area contributed by atoms with Crippen molar-refractivity contribution in [1.29, 1.82) is 0 Å². The molecule has 0 aliphatic heterocycles. The van der Waals surface area contributed by atoms with Crippen LogP contribution in [0.15, 0.2) is 24.3 Å². The van der Waals surface area contributed by atoms with Crippen molar-refractivity contribution in [3.05, 3.63) is 30.3 Å². The van der Waals surface area contributed by atoms with Gasteiger partial charge in [0.1, 0.15) is 0 Å². The van der Waals surface area contributed by atoms with Gasteiger partial charge in [0.2, 0.25) is 0 Å². The molecule has 10 heavy (non-hydrogen) atoms. The van der Waals surface area contributed by atoms with Gasteiger partial charge in [0.25, 0.3) is 0 Å². The van der Waals surface area contributed by atoms with Crippen LogP contribution in [0.25, 0.3) is 0 Å². The Hall–Kier alpha value is -0.171. The molecule has 1 rings (SSSR count). The van der Waals surface area contributed by atoms with Crippen LogP contribution in [0.4, 0.5) is 0 Å². The van der Waals surface area contributed by atoms with Gasteiger partial charge in [-0.3, -0.25) is 0 Å². The second-order valence-corrected chi connectivity index (χ2v) is 1.43. The van der Waals surface area contributed by atoms with E-state index in [1.54, 1.807) is 7.11 Å². The molecule has 0 spiro atoms. The summed E-state index contributed by atoms with van der Waals surface area (Å²) in [5.41, 5.74) is 0. The normalized spacial score (nSPS) is 7.40. The van der Waals surface area contributed by atoms with Gasteiger partial charge in [0.05, 0.1) is 7.11 Å². The molecular weight excluding hydrogens is 190 g/mol. The number of hydrogen-bond donors (Lipinski definition) is 0. The third-order valence-corrected chi connectivity index (χ3v) is 0.900. The van der Waals surface area contributed by atoms with Gasteiger partial charge in [-0.15, -0.1) is 12.1 Å². The van der Waals surface area contributed by atoms with Crippen LogP contribution >= 0.6 is 10.1 Å². The number of halogens is 1. The minimum atomic E-state index is 0.785. The molecule has 0 bridgehead atoms. The van der Waals surface area contributed by atoms with Gasteiger partial charge < -0.3 is 4.74 Å². The number of para-hydroxylation sites is 1. The van der Waals surface area contributed by atoms with Crippen molar-refractivity contribution >= 4 is 10.1 Å². The zero-order chi connectivity index (χ0) is 7.82. The zero-order valence-corrected chi connectivity index (χ0v) is 7.41. The van der Waals surface area contributed by atoms with E-state index in [0.29, 0.717) is 0 Å². The molecule has 0 unspecified atom stereocenters. The summed E-state index contributed by atoms with van der Waals surface area (Å²) in [6.07, 6.45) is 0. The summed E-state index contributed by atoms with van der Waals surface area (Å²) in [5.74, 6) is 0.785. The number of ether oxygens (including phenoxy) is 1. The van der Waals surface area contributed by atoms with E-state index in [1.807, 2.05) is 24.3 Å². The fourth-order valence-corrected chi connectivity index (χ4v) is 0.504. The summed E-state index contributed by atoms with van der Waals surface area (Å²) in [6, 6.07) is 10.4. The van der Waals surface area contributed by atoms with Crippen LogP contribution in [0.1, 0.15) is 0 Å². The van der Waals surface area contributed by atoms with E-state index in [1.165, 1.54) is 0 Å². The molecular formula is C7H7ClMnO. The summed E-state index contributed by atoms with van der Waals surface area (Å²) in [6.45, 7) is 0. The molecule has 0 saturated carbocycles. The molecule has 1 aromatic rings. The molecule has 0 fully saturated rings. The number of methoxy groups -OCH3 is 1. The Bertz CT molecular complexity index is 155. The monoisotopic (exact) mass is 197 g/mol. The van der Waals surface area contributed by atoms with Crippen molar-refractivity contribution in [1.82, 2.24) is 0 Å². The zero-order valence-electron chi connectivity index (χ0n) is 5.47. The van der Waals surface area contributed by atoms with Crippen molar-refractivity contribution < 1.29 is 19.8 Å². The first kappa shape index (κ1) is 9.83. The van der Waals surface area contributed by atoms with E-state index in [-0.39, 0.29) is 0 Å². The quantitative estimate of drug-likeness (QED) is 0.495. The minimum absolute atomic E-state index is 0.785. The van der Waals surface area contributed by atoms with E-state index < -0.39 is 0 Å². The Balaban J connectivity index is 0.000000371. The Morgan fingerprint density at radius 1 is 1.50 bits per heavy atom. The average Bonchev–Trinajstić information content (AvgIpc) is 2.10. The van der Waals surface area contributed by atoms with Crippen molar-refractivity contribution in [3.63, 3.8) is 0 Å². The summed E-state index contributed by atoms with van der Waals surface area (Å²) in [5, 5.41) is 0. The molecule has 0 atom stereocenters. The fraction of sp³-hybridized carbons (Fsp3) is 0.143. The SMILES string of the molecule is COc1[c-]cccc1.[Cl][Mn+]. The fourth-order valence-electron chi connectivity index (χ4n) is 0.504. The van der Waals surface area contributed by atoms with Gasteiger partial charge in [-0.1, -0.05) is 0 Å². The average molecular weight is 198 g/mol. The number of benzene rings is 1. The van der Waals surface area contributed by atoms with Gasteiger partial charge in [-0.2, -0.15) is 18.2 Å². The predicted molar refractivity (Wildman–Crippen MR) is 37.7 cm³/mol. The maximum atomic E-state index is 4.86. The first-order valence-electron chi connectivity index (χ1n) is 2.58. The van der Waals surface area contributed by atoms with Crippen LogP contribution in [-0.2, 0) is 15.1 Å². The summed E-state index contributed by atoms with van der Waals surface area (Å²) >= 11 is 2.41. The maximum absolute atomic E-state index is 4.86. The van der Waals surface area contributed by atoms with Gasteiger partial charge in [0.15, 0.2) is 0 Å². The van der Waals surface area contributed by atoms with Gasteiger partial charge in [-0.05, 0) is 0 Å². The molecule has 55 valence electrons. The Kier molecular flexibility index (Phi) is 6.82. The third-order valence-electron chi connectivity index (χ3n) is 0.900. The van der Waals surface area contributed by atoms with Gasteiger partial charge >= 0.3 is 25.2 Å². The molecule has 1 aromatic carbocycles. The Morgan fingerprint density at radius 3 is 2.50 bits per heavy atom. The molecule has 0 radical (unpaired) electrons. The van der Waals surface area contributed by atoms with Crippen LogP contribution in [0.3, 0.4) is 0 Å². The van der Waals surface area contributed by atoms with E-state index >= 15 is 0 Å². The van der Waals surface area contributed by atoms with Crippen molar-refractivity contribution in [2.24, 2.45) is 0 Å². The van der Waals surface area contributed by atoms with Crippen LogP contribution < -0.4 is 4.74 Å². The molecule has 3 heteroatoms. The first-order chi connectivity index (χ1) is 4.93. The van der Waals surface area contributed by atoms with Crippen LogP contribution in [-0.4, -0.2) is 7.11 Å². The summed E-state index contributed by atoms with van der Waals surface area (Å²) in [4.78, 5) is 0. The third kappa shape index (κ3) is 3.78. The molecule has 0 amide bonds.